The molecule has 1 aliphatic heterocycles. The molecule has 1 unspecified atom stereocenters. The van der Waals surface area contributed by atoms with Gasteiger partial charge in [-0.05, 0) is 62.9 Å². The summed E-state index contributed by atoms with van der Waals surface area (Å²) < 4.78 is 0. The van der Waals surface area contributed by atoms with Crippen molar-refractivity contribution < 1.29 is 0 Å². The third-order valence-corrected chi connectivity index (χ3v) is 3.75. The van der Waals surface area contributed by atoms with Crippen LogP contribution < -0.4 is 5.73 Å². The van der Waals surface area contributed by atoms with Crippen LogP contribution in [0.15, 0.2) is 24.3 Å². The first-order chi connectivity index (χ1) is 8.29. The summed E-state index contributed by atoms with van der Waals surface area (Å²) in [7, 11) is 2.22. The van der Waals surface area contributed by atoms with Gasteiger partial charge in [0.1, 0.15) is 0 Å². The Morgan fingerprint density at radius 3 is 2.71 bits per heavy atom. The Labute approximate surface area is 105 Å². The van der Waals surface area contributed by atoms with Crippen LogP contribution in [0.1, 0.15) is 36.3 Å². The molecule has 0 aromatic heterocycles. The molecule has 0 aliphatic carbocycles. The monoisotopic (exact) mass is 232 g/mol. The molecule has 1 fully saturated rings. The summed E-state index contributed by atoms with van der Waals surface area (Å²) in [5.41, 5.74) is 8.46. The number of piperidine rings is 1. The fourth-order valence-electron chi connectivity index (χ4n) is 2.70. The van der Waals surface area contributed by atoms with Crippen molar-refractivity contribution in [3.8, 4) is 0 Å². The van der Waals surface area contributed by atoms with Gasteiger partial charge in [-0.1, -0.05) is 24.3 Å². The summed E-state index contributed by atoms with van der Waals surface area (Å²) >= 11 is 0. The first-order valence-electron chi connectivity index (χ1n) is 6.77. The minimum atomic E-state index is 0.734. The van der Waals surface area contributed by atoms with E-state index < -0.39 is 0 Å². The van der Waals surface area contributed by atoms with E-state index in [2.05, 4.69) is 36.2 Å². The van der Waals surface area contributed by atoms with Crippen LogP contribution in [0.25, 0.3) is 0 Å². The van der Waals surface area contributed by atoms with Crippen molar-refractivity contribution in [2.45, 2.75) is 31.6 Å². The zero-order chi connectivity index (χ0) is 12.1. The molecule has 1 saturated heterocycles. The van der Waals surface area contributed by atoms with Gasteiger partial charge in [-0.25, -0.2) is 0 Å². The lowest BCUT2D eigenvalue weighted by Crippen LogP contribution is -2.30. The Morgan fingerprint density at radius 2 is 2.06 bits per heavy atom. The molecule has 0 radical (unpaired) electrons. The summed E-state index contributed by atoms with van der Waals surface area (Å²) in [4.78, 5) is 2.44. The summed E-state index contributed by atoms with van der Waals surface area (Å²) in [5, 5.41) is 0. The van der Waals surface area contributed by atoms with Crippen LogP contribution in [0.3, 0.4) is 0 Å². The highest BCUT2D eigenvalue weighted by molar-refractivity contribution is 5.26. The SMILES string of the molecule is CN1CCCC(c2ccc(CCCN)cc2)C1. The Morgan fingerprint density at radius 1 is 1.29 bits per heavy atom. The summed E-state index contributed by atoms with van der Waals surface area (Å²) in [6.07, 6.45) is 4.87. The third-order valence-electron chi connectivity index (χ3n) is 3.75. The molecular weight excluding hydrogens is 208 g/mol. The number of nitrogens with zero attached hydrogens (tertiary/aromatic N) is 1. The molecule has 1 heterocycles. The Kier molecular flexibility index (Phi) is 4.57. The molecule has 94 valence electrons. The van der Waals surface area contributed by atoms with E-state index in [0.717, 1.165) is 25.3 Å². The number of benzene rings is 1. The molecule has 1 aromatic carbocycles. The maximum Gasteiger partial charge on any atom is 0.00472 e. The molecule has 0 bridgehead atoms. The van der Waals surface area contributed by atoms with Gasteiger partial charge in [0.15, 0.2) is 0 Å². The molecule has 1 aliphatic rings. The van der Waals surface area contributed by atoms with Gasteiger partial charge in [0, 0.05) is 6.54 Å². The van der Waals surface area contributed by atoms with E-state index >= 15 is 0 Å². The molecule has 2 N–H and O–H groups in total. The fourth-order valence-corrected chi connectivity index (χ4v) is 2.70. The fraction of sp³-hybridized carbons (Fsp3) is 0.600. The largest absolute Gasteiger partial charge is 0.330 e. The zero-order valence-corrected chi connectivity index (χ0v) is 10.9. The van der Waals surface area contributed by atoms with Gasteiger partial charge in [-0.15, -0.1) is 0 Å². The van der Waals surface area contributed by atoms with Crippen LogP contribution in [-0.4, -0.2) is 31.6 Å². The van der Waals surface area contributed by atoms with Crippen LogP contribution in [-0.2, 0) is 6.42 Å². The van der Waals surface area contributed by atoms with Crippen molar-refractivity contribution in [2.75, 3.05) is 26.7 Å². The molecule has 2 heteroatoms. The van der Waals surface area contributed by atoms with Gasteiger partial charge in [-0.3, -0.25) is 0 Å². The second-order valence-electron chi connectivity index (χ2n) is 5.24. The van der Waals surface area contributed by atoms with Gasteiger partial charge in [-0.2, -0.15) is 0 Å². The molecule has 0 saturated carbocycles. The second kappa shape index (κ2) is 6.18. The highest BCUT2D eigenvalue weighted by Crippen LogP contribution is 2.26. The number of hydrogen-bond acceptors (Lipinski definition) is 2. The number of hydrogen-bond donors (Lipinski definition) is 1. The number of likely N-dealkylation sites (N-methyl/N-ethyl adjacent to an activating group) is 1. The maximum absolute atomic E-state index is 5.53. The predicted octanol–water partition coefficient (Wildman–Crippen LogP) is 2.39. The highest BCUT2D eigenvalue weighted by atomic mass is 15.1. The predicted molar refractivity (Wildman–Crippen MR) is 73.3 cm³/mol. The minimum absolute atomic E-state index is 0.734. The number of likely N-dealkylation sites (tertiary alicyclic amines) is 1. The highest BCUT2D eigenvalue weighted by Gasteiger charge is 2.18. The van der Waals surface area contributed by atoms with Crippen LogP contribution in [0.4, 0.5) is 0 Å². The van der Waals surface area contributed by atoms with E-state index in [1.165, 1.54) is 37.1 Å². The first-order valence-corrected chi connectivity index (χ1v) is 6.77. The number of aryl methyl sites for hydroxylation is 1. The van der Waals surface area contributed by atoms with E-state index in [0.29, 0.717) is 0 Å². The van der Waals surface area contributed by atoms with E-state index in [1.807, 2.05) is 0 Å². The summed E-state index contributed by atoms with van der Waals surface area (Å²) in [5.74, 6) is 0.734. The number of rotatable bonds is 4. The Bertz CT molecular complexity index is 331. The lowest BCUT2D eigenvalue weighted by atomic mass is 9.90. The van der Waals surface area contributed by atoms with Crippen molar-refractivity contribution >= 4 is 0 Å². The second-order valence-corrected chi connectivity index (χ2v) is 5.24. The van der Waals surface area contributed by atoms with Gasteiger partial charge < -0.3 is 10.6 Å². The molecule has 1 aromatic rings. The summed E-state index contributed by atoms with van der Waals surface area (Å²) in [6.45, 7) is 3.25. The number of nitrogens with two attached hydrogens (primary N) is 1. The van der Waals surface area contributed by atoms with E-state index in [4.69, 9.17) is 5.73 Å². The quantitative estimate of drug-likeness (QED) is 0.863. The maximum atomic E-state index is 5.53. The van der Waals surface area contributed by atoms with Crippen LogP contribution >= 0.6 is 0 Å². The molecule has 1 atom stereocenters. The molecule has 0 amide bonds. The van der Waals surface area contributed by atoms with E-state index in [1.54, 1.807) is 0 Å². The van der Waals surface area contributed by atoms with Crippen molar-refractivity contribution in [2.24, 2.45) is 5.73 Å². The standard InChI is InChI=1S/C15H24N2/c1-17-11-3-5-15(12-17)14-8-6-13(7-9-14)4-2-10-16/h6-9,15H,2-5,10-12,16H2,1H3. The topological polar surface area (TPSA) is 29.3 Å². The zero-order valence-electron chi connectivity index (χ0n) is 10.9. The van der Waals surface area contributed by atoms with E-state index in [-0.39, 0.29) is 0 Å². The average Bonchev–Trinajstić information content (AvgIpc) is 2.37. The van der Waals surface area contributed by atoms with Crippen LogP contribution in [0, 0.1) is 0 Å². The van der Waals surface area contributed by atoms with E-state index in [9.17, 15) is 0 Å². The molecule has 17 heavy (non-hydrogen) atoms. The van der Waals surface area contributed by atoms with Crippen molar-refractivity contribution in [3.63, 3.8) is 0 Å². The molecule has 2 rings (SSSR count). The average molecular weight is 232 g/mol. The molecular formula is C15H24N2. The summed E-state index contributed by atoms with van der Waals surface area (Å²) in [6, 6.07) is 9.19. The van der Waals surface area contributed by atoms with Crippen LogP contribution in [0.2, 0.25) is 0 Å². The lowest BCUT2D eigenvalue weighted by Gasteiger charge is -2.30. The molecule has 2 nitrogen and oxygen atoms in total. The minimum Gasteiger partial charge on any atom is -0.330 e. The van der Waals surface area contributed by atoms with Gasteiger partial charge in [0.2, 0.25) is 0 Å². The molecule has 0 spiro atoms. The first kappa shape index (κ1) is 12.6. The van der Waals surface area contributed by atoms with Gasteiger partial charge in [0.25, 0.3) is 0 Å². The van der Waals surface area contributed by atoms with Gasteiger partial charge in [0.05, 0.1) is 0 Å². The van der Waals surface area contributed by atoms with Crippen LogP contribution in [0.5, 0.6) is 0 Å². The Hall–Kier alpha value is -0.860. The van der Waals surface area contributed by atoms with Gasteiger partial charge >= 0.3 is 0 Å². The Balaban J connectivity index is 1.96. The third kappa shape index (κ3) is 3.55. The normalized spacial score (nSPS) is 21.6. The lowest BCUT2D eigenvalue weighted by molar-refractivity contribution is 0.251. The van der Waals surface area contributed by atoms with Crippen molar-refractivity contribution in [1.82, 2.24) is 4.90 Å². The smallest absolute Gasteiger partial charge is 0.00472 e. The van der Waals surface area contributed by atoms with Crippen molar-refractivity contribution in [1.29, 1.82) is 0 Å². The van der Waals surface area contributed by atoms with Crippen molar-refractivity contribution in [3.05, 3.63) is 35.4 Å².